The van der Waals surface area contributed by atoms with Gasteiger partial charge in [-0.3, -0.25) is 0 Å². The van der Waals surface area contributed by atoms with Crippen molar-refractivity contribution in [3.63, 3.8) is 0 Å². The highest BCUT2D eigenvalue weighted by Gasteiger charge is 2.77. The first-order valence-electron chi connectivity index (χ1n) is 11.6. The van der Waals surface area contributed by atoms with Gasteiger partial charge in [-0.2, -0.15) is 0 Å². The average Bonchev–Trinajstić information content (AvgIpc) is 3.12. The first-order valence-corrected chi connectivity index (χ1v) is 11.6. The Morgan fingerprint density at radius 3 is 2.58 bits per heavy atom. The zero-order chi connectivity index (χ0) is 18.3. The molecule has 0 bridgehead atoms. The predicted molar refractivity (Wildman–Crippen MR) is 105 cm³/mol. The molecule has 0 aromatic heterocycles. The van der Waals surface area contributed by atoms with Gasteiger partial charge in [-0.25, -0.2) is 0 Å². The maximum atomic E-state index is 9.48. The Bertz CT molecular complexity index is 575. The van der Waals surface area contributed by atoms with Crippen molar-refractivity contribution in [1.82, 2.24) is 0 Å². The van der Waals surface area contributed by atoms with E-state index in [0.717, 1.165) is 36.0 Å². The van der Waals surface area contributed by atoms with Gasteiger partial charge in [0.25, 0.3) is 0 Å². The Balaban J connectivity index is 1.46. The van der Waals surface area contributed by atoms with Crippen LogP contribution in [-0.4, -0.2) is 24.9 Å². The second-order valence-corrected chi connectivity index (χ2v) is 11.5. The second-order valence-electron chi connectivity index (χ2n) is 11.5. The fraction of sp³-hybridized carbons (Fsp3) is 1.00. The van der Waals surface area contributed by atoms with Crippen molar-refractivity contribution < 1.29 is 9.84 Å². The molecule has 148 valence electrons. The molecular weight excluding hydrogens is 320 g/mol. The molecule has 0 aliphatic heterocycles. The van der Waals surface area contributed by atoms with E-state index in [1.54, 1.807) is 0 Å². The van der Waals surface area contributed by atoms with Crippen LogP contribution in [-0.2, 0) is 4.74 Å². The summed E-state index contributed by atoms with van der Waals surface area (Å²) in [6.07, 6.45) is 13.0. The summed E-state index contributed by atoms with van der Waals surface area (Å²) in [5.41, 5.74) is 1.62. The SMILES string of the molecule is CO[C@@H]1C[C@H]2[C@@H]3CC[C@H]([C@H](C)CCO)[C@@]3(C)CC[C@@H]2[C@@]2(C)CCC3CC312. The molecule has 5 aliphatic rings. The standard InChI is InChI=1S/C24H40O2/c1-15(9-12-25)18-5-6-19-17-13-21(26-4)24-14-16(24)7-11-23(24,3)20(17)8-10-22(18,19)2/h15-21,25H,5-14H2,1-4H3/t15-,16?,17+,18-,19+,20+,21-,22-,23-,24?/m1/s1. The maximum Gasteiger partial charge on any atom is 0.0638 e. The Hall–Kier alpha value is -0.0800. The molecule has 5 aliphatic carbocycles. The van der Waals surface area contributed by atoms with E-state index in [2.05, 4.69) is 20.8 Å². The number of aliphatic hydroxyl groups excluding tert-OH is 1. The van der Waals surface area contributed by atoms with Gasteiger partial charge in [-0.05, 0) is 104 Å². The molecule has 2 unspecified atom stereocenters. The summed E-state index contributed by atoms with van der Waals surface area (Å²) in [4.78, 5) is 0. The Morgan fingerprint density at radius 1 is 1.08 bits per heavy atom. The number of hydrogen-bond acceptors (Lipinski definition) is 2. The molecule has 0 aromatic carbocycles. The van der Waals surface area contributed by atoms with Crippen LogP contribution in [0.1, 0.15) is 78.6 Å². The molecule has 1 N–H and O–H groups in total. The van der Waals surface area contributed by atoms with E-state index in [1.807, 2.05) is 7.11 Å². The largest absolute Gasteiger partial charge is 0.396 e. The van der Waals surface area contributed by atoms with Crippen molar-refractivity contribution in [2.75, 3.05) is 13.7 Å². The number of fused-ring (bicyclic) bond motifs is 4. The predicted octanol–water partition coefficient (Wildman–Crippen LogP) is 5.29. The Kier molecular flexibility index (Phi) is 3.96. The molecule has 0 saturated heterocycles. The number of methoxy groups -OCH3 is 1. The quantitative estimate of drug-likeness (QED) is 0.738. The monoisotopic (exact) mass is 360 g/mol. The first-order chi connectivity index (χ1) is 12.4. The lowest BCUT2D eigenvalue weighted by molar-refractivity contribution is -0.161. The van der Waals surface area contributed by atoms with Crippen LogP contribution in [0.3, 0.4) is 0 Å². The normalized spacial score (nSPS) is 58.5. The Morgan fingerprint density at radius 2 is 1.88 bits per heavy atom. The Labute approximate surface area is 160 Å². The molecule has 5 fully saturated rings. The molecule has 5 saturated carbocycles. The van der Waals surface area contributed by atoms with Gasteiger partial charge in [-0.15, -0.1) is 0 Å². The van der Waals surface area contributed by atoms with E-state index < -0.39 is 0 Å². The highest BCUT2D eigenvalue weighted by molar-refractivity contribution is 5.26. The summed E-state index contributed by atoms with van der Waals surface area (Å²) < 4.78 is 6.23. The lowest BCUT2D eigenvalue weighted by atomic mass is 9.45. The van der Waals surface area contributed by atoms with Crippen molar-refractivity contribution in [2.45, 2.75) is 84.7 Å². The van der Waals surface area contributed by atoms with Crippen molar-refractivity contribution in [1.29, 1.82) is 0 Å². The summed E-state index contributed by atoms with van der Waals surface area (Å²) in [7, 11) is 2.00. The summed E-state index contributed by atoms with van der Waals surface area (Å²) in [6, 6.07) is 0. The molecule has 0 aromatic rings. The minimum absolute atomic E-state index is 0.359. The van der Waals surface area contributed by atoms with Gasteiger partial charge >= 0.3 is 0 Å². The average molecular weight is 361 g/mol. The van der Waals surface area contributed by atoms with Gasteiger partial charge in [0, 0.05) is 19.1 Å². The molecule has 0 amide bonds. The number of hydrogen-bond donors (Lipinski definition) is 1. The summed E-state index contributed by atoms with van der Waals surface area (Å²) in [6.45, 7) is 8.06. The van der Waals surface area contributed by atoms with E-state index in [0.29, 0.717) is 34.9 Å². The van der Waals surface area contributed by atoms with Crippen molar-refractivity contribution >= 4 is 0 Å². The minimum Gasteiger partial charge on any atom is -0.396 e. The van der Waals surface area contributed by atoms with Crippen LogP contribution in [0.2, 0.25) is 0 Å². The van der Waals surface area contributed by atoms with Crippen LogP contribution in [0.5, 0.6) is 0 Å². The molecule has 5 rings (SSSR count). The van der Waals surface area contributed by atoms with Crippen LogP contribution in [0.25, 0.3) is 0 Å². The van der Waals surface area contributed by atoms with Crippen LogP contribution in [0, 0.1) is 51.8 Å². The highest BCUT2D eigenvalue weighted by Crippen LogP contribution is 2.82. The van der Waals surface area contributed by atoms with Gasteiger partial charge in [0.15, 0.2) is 0 Å². The summed E-state index contributed by atoms with van der Waals surface area (Å²) >= 11 is 0. The fourth-order valence-electron chi connectivity index (χ4n) is 9.96. The van der Waals surface area contributed by atoms with E-state index in [4.69, 9.17) is 4.74 Å². The molecule has 2 nitrogen and oxygen atoms in total. The second kappa shape index (κ2) is 5.72. The number of rotatable bonds is 4. The number of aliphatic hydroxyl groups is 1. The van der Waals surface area contributed by atoms with Gasteiger partial charge in [0.2, 0.25) is 0 Å². The lowest BCUT2D eigenvalue weighted by Crippen LogP contribution is -2.57. The third-order valence-corrected chi connectivity index (χ3v) is 11.2. The zero-order valence-corrected chi connectivity index (χ0v) is 17.5. The lowest BCUT2D eigenvalue weighted by Gasteiger charge is -2.61. The van der Waals surface area contributed by atoms with Crippen molar-refractivity contribution in [2.24, 2.45) is 51.8 Å². The molecule has 0 heterocycles. The first kappa shape index (κ1) is 18.0. The smallest absolute Gasteiger partial charge is 0.0638 e. The molecule has 10 atom stereocenters. The summed E-state index contributed by atoms with van der Waals surface area (Å²) in [5, 5.41) is 9.48. The fourth-order valence-corrected chi connectivity index (χ4v) is 9.96. The molecular formula is C24H40O2. The van der Waals surface area contributed by atoms with Gasteiger partial charge in [0.05, 0.1) is 6.10 Å². The molecule has 0 radical (unpaired) electrons. The maximum absolute atomic E-state index is 9.48. The molecule has 1 spiro atoms. The van der Waals surface area contributed by atoms with Gasteiger partial charge < -0.3 is 9.84 Å². The van der Waals surface area contributed by atoms with E-state index in [9.17, 15) is 5.11 Å². The van der Waals surface area contributed by atoms with E-state index >= 15 is 0 Å². The zero-order valence-electron chi connectivity index (χ0n) is 17.5. The minimum atomic E-state index is 0.359. The van der Waals surface area contributed by atoms with Crippen LogP contribution in [0.15, 0.2) is 0 Å². The molecule has 26 heavy (non-hydrogen) atoms. The summed E-state index contributed by atoms with van der Waals surface area (Å²) in [5.74, 6) is 5.22. The van der Waals surface area contributed by atoms with Crippen LogP contribution >= 0.6 is 0 Å². The van der Waals surface area contributed by atoms with E-state index in [1.165, 1.54) is 51.4 Å². The molecule has 2 heteroatoms. The van der Waals surface area contributed by atoms with Gasteiger partial charge in [-0.1, -0.05) is 20.8 Å². The van der Waals surface area contributed by atoms with Crippen molar-refractivity contribution in [3.05, 3.63) is 0 Å². The van der Waals surface area contributed by atoms with Crippen LogP contribution < -0.4 is 0 Å². The number of ether oxygens (including phenoxy) is 1. The topological polar surface area (TPSA) is 29.5 Å². The van der Waals surface area contributed by atoms with Crippen LogP contribution in [0.4, 0.5) is 0 Å². The van der Waals surface area contributed by atoms with E-state index in [-0.39, 0.29) is 0 Å². The highest BCUT2D eigenvalue weighted by atomic mass is 16.5. The van der Waals surface area contributed by atoms with Gasteiger partial charge in [0.1, 0.15) is 0 Å². The third-order valence-electron chi connectivity index (χ3n) is 11.2. The third kappa shape index (κ3) is 1.97. The van der Waals surface area contributed by atoms with Crippen molar-refractivity contribution in [3.8, 4) is 0 Å².